The van der Waals surface area contributed by atoms with Gasteiger partial charge in [0.05, 0.1) is 11.4 Å². The number of nitrogens with zero attached hydrogens (tertiary/aromatic N) is 2. The number of aromatic nitrogens is 1. The third-order valence-electron chi connectivity index (χ3n) is 6.04. The van der Waals surface area contributed by atoms with Crippen LogP contribution in [0.5, 0.6) is 0 Å². The Morgan fingerprint density at radius 2 is 2.00 bits per heavy atom. The molecule has 0 aromatic heterocycles. The summed E-state index contributed by atoms with van der Waals surface area (Å²) in [6, 6.07) is 17.7. The van der Waals surface area contributed by atoms with Crippen molar-refractivity contribution >= 4 is 23.5 Å². The van der Waals surface area contributed by atoms with E-state index in [0.717, 1.165) is 43.9 Å². The second-order valence-electron chi connectivity index (χ2n) is 8.00. The first-order valence-electron chi connectivity index (χ1n) is 10.5. The van der Waals surface area contributed by atoms with Crippen LogP contribution in [0.1, 0.15) is 30.0 Å². The van der Waals surface area contributed by atoms with Crippen molar-refractivity contribution in [2.75, 3.05) is 24.5 Å². The van der Waals surface area contributed by atoms with E-state index in [0.29, 0.717) is 6.04 Å². The van der Waals surface area contributed by atoms with Gasteiger partial charge < -0.3 is 10.2 Å². The second kappa shape index (κ2) is 8.21. The summed E-state index contributed by atoms with van der Waals surface area (Å²) in [5.74, 6) is 1.05. The average Bonchev–Trinajstić information content (AvgIpc) is 2.89. The van der Waals surface area contributed by atoms with Gasteiger partial charge in [-0.15, -0.1) is 11.8 Å². The number of thioether (sulfide) groups is 1. The SMILES string of the molecule is CC1=Cc2c(c3ccccnc-3c2N2CCNC(CCc3ccccc3)C2)CS1. The molecule has 29 heavy (non-hydrogen) atoms. The Morgan fingerprint density at radius 1 is 1.14 bits per heavy atom. The first-order valence-corrected chi connectivity index (χ1v) is 11.5. The van der Waals surface area contributed by atoms with Crippen LogP contribution in [0, 0.1) is 0 Å². The standard InChI is InChI=1S/C25H27N3S/c1-18-15-22-23(17-29-18)21-9-5-6-12-27-24(21)25(22)28-14-13-26-20(16-28)11-10-19-7-3-2-4-8-19/h2-9,12,15,20,26H,10-11,13-14,16-17H2,1H3. The summed E-state index contributed by atoms with van der Waals surface area (Å²) in [7, 11) is 0. The second-order valence-corrected chi connectivity index (χ2v) is 9.22. The third-order valence-corrected chi connectivity index (χ3v) is 7.04. The van der Waals surface area contributed by atoms with E-state index in [2.05, 4.69) is 65.7 Å². The maximum absolute atomic E-state index is 4.87. The van der Waals surface area contributed by atoms with Crippen molar-refractivity contribution < 1.29 is 0 Å². The fourth-order valence-electron chi connectivity index (χ4n) is 4.58. The lowest BCUT2D eigenvalue weighted by Crippen LogP contribution is -2.51. The predicted molar refractivity (Wildman–Crippen MR) is 125 cm³/mol. The zero-order valence-corrected chi connectivity index (χ0v) is 17.7. The Balaban J connectivity index is 1.44. The van der Waals surface area contributed by atoms with Gasteiger partial charge in [0.1, 0.15) is 0 Å². The Hall–Kier alpha value is -2.30. The highest BCUT2D eigenvalue weighted by molar-refractivity contribution is 8.02. The molecule has 0 saturated carbocycles. The normalized spacial score (nSPS) is 19.1. The van der Waals surface area contributed by atoms with E-state index in [-0.39, 0.29) is 0 Å². The van der Waals surface area contributed by atoms with Crippen LogP contribution >= 0.6 is 11.8 Å². The molecular formula is C25H27N3S. The molecule has 1 unspecified atom stereocenters. The summed E-state index contributed by atoms with van der Waals surface area (Å²) >= 11 is 1.94. The molecule has 1 saturated heterocycles. The van der Waals surface area contributed by atoms with Gasteiger partial charge in [-0.05, 0) is 47.9 Å². The molecule has 4 aliphatic rings. The molecule has 0 spiro atoms. The molecule has 0 radical (unpaired) electrons. The van der Waals surface area contributed by atoms with Crippen LogP contribution < -0.4 is 10.2 Å². The molecule has 0 bridgehead atoms. The molecule has 148 valence electrons. The van der Waals surface area contributed by atoms with Gasteiger partial charge in [-0.2, -0.15) is 0 Å². The van der Waals surface area contributed by atoms with E-state index in [1.54, 1.807) is 0 Å². The number of hydrogen-bond donors (Lipinski definition) is 1. The van der Waals surface area contributed by atoms with Gasteiger partial charge in [0, 0.05) is 48.8 Å². The topological polar surface area (TPSA) is 28.2 Å². The summed E-state index contributed by atoms with van der Waals surface area (Å²) in [5.41, 5.74) is 8.10. The van der Waals surface area contributed by atoms with E-state index in [1.807, 2.05) is 24.0 Å². The van der Waals surface area contributed by atoms with Crippen LogP contribution in [0.25, 0.3) is 17.3 Å². The zero-order valence-electron chi connectivity index (χ0n) is 16.9. The summed E-state index contributed by atoms with van der Waals surface area (Å²) in [6.07, 6.45) is 6.60. The molecule has 3 heterocycles. The maximum Gasteiger partial charge on any atom is 0.0944 e. The fraction of sp³-hybridized carbons (Fsp3) is 0.320. The minimum Gasteiger partial charge on any atom is -0.366 e. The molecule has 3 aliphatic heterocycles. The Morgan fingerprint density at radius 3 is 2.90 bits per heavy atom. The molecule has 1 aromatic carbocycles. The van der Waals surface area contributed by atoms with Gasteiger partial charge in [0.15, 0.2) is 0 Å². The van der Waals surface area contributed by atoms with Crippen molar-refractivity contribution in [3.63, 3.8) is 0 Å². The number of piperazine rings is 1. The monoisotopic (exact) mass is 401 g/mol. The van der Waals surface area contributed by atoms with Crippen molar-refractivity contribution in [1.29, 1.82) is 0 Å². The number of allylic oxidation sites excluding steroid dienone is 1. The Kier molecular flexibility index (Phi) is 5.30. The van der Waals surface area contributed by atoms with Gasteiger partial charge >= 0.3 is 0 Å². The molecular weight excluding hydrogens is 374 g/mol. The van der Waals surface area contributed by atoms with Gasteiger partial charge in [-0.25, -0.2) is 0 Å². The lowest BCUT2D eigenvalue weighted by Gasteiger charge is -2.36. The number of fused-ring (bicyclic) bond motifs is 3. The molecule has 0 amide bonds. The van der Waals surface area contributed by atoms with Gasteiger partial charge in [0.25, 0.3) is 0 Å². The van der Waals surface area contributed by atoms with E-state index in [1.165, 1.54) is 32.8 Å². The van der Waals surface area contributed by atoms with Gasteiger partial charge in [-0.3, -0.25) is 4.98 Å². The van der Waals surface area contributed by atoms with Crippen molar-refractivity contribution in [1.82, 2.24) is 10.3 Å². The number of hydrogen-bond acceptors (Lipinski definition) is 4. The quantitative estimate of drug-likeness (QED) is 0.650. The molecule has 1 aromatic rings. The van der Waals surface area contributed by atoms with E-state index >= 15 is 0 Å². The van der Waals surface area contributed by atoms with Crippen LogP contribution in [0.2, 0.25) is 0 Å². The maximum atomic E-state index is 4.87. The third kappa shape index (κ3) is 3.79. The number of nitrogens with one attached hydrogen (secondary N) is 1. The van der Waals surface area contributed by atoms with Crippen LogP contribution in [-0.4, -0.2) is 30.7 Å². The van der Waals surface area contributed by atoms with Crippen molar-refractivity contribution in [3.05, 3.63) is 76.3 Å². The summed E-state index contributed by atoms with van der Waals surface area (Å²) in [5, 5.41) is 3.74. The first kappa shape index (κ1) is 18.7. The summed E-state index contributed by atoms with van der Waals surface area (Å²) in [4.78, 5) is 8.85. The number of rotatable bonds is 4. The number of benzene rings is 1. The number of anilines is 1. The molecule has 1 aliphatic carbocycles. The summed E-state index contributed by atoms with van der Waals surface area (Å²) < 4.78 is 0. The lowest BCUT2D eigenvalue weighted by atomic mass is 10.0. The van der Waals surface area contributed by atoms with Crippen molar-refractivity contribution in [3.8, 4) is 11.3 Å². The van der Waals surface area contributed by atoms with Crippen LogP contribution in [0.4, 0.5) is 5.69 Å². The molecule has 5 rings (SSSR count). The van der Waals surface area contributed by atoms with Gasteiger partial charge in [0.2, 0.25) is 0 Å². The predicted octanol–water partition coefficient (Wildman–Crippen LogP) is 5.21. The summed E-state index contributed by atoms with van der Waals surface area (Å²) in [6.45, 7) is 5.33. The van der Waals surface area contributed by atoms with Crippen LogP contribution in [-0.2, 0) is 12.2 Å². The molecule has 4 heteroatoms. The highest BCUT2D eigenvalue weighted by atomic mass is 32.2. The average molecular weight is 402 g/mol. The zero-order chi connectivity index (χ0) is 19.6. The minimum atomic E-state index is 0.505. The van der Waals surface area contributed by atoms with Crippen LogP contribution in [0.15, 0.2) is 59.6 Å². The molecule has 1 fully saturated rings. The highest BCUT2D eigenvalue weighted by Crippen LogP contribution is 2.47. The largest absolute Gasteiger partial charge is 0.366 e. The van der Waals surface area contributed by atoms with E-state index in [4.69, 9.17) is 4.98 Å². The molecule has 3 nitrogen and oxygen atoms in total. The highest BCUT2D eigenvalue weighted by Gasteiger charge is 2.30. The van der Waals surface area contributed by atoms with Crippen molar-refractivity contribution in [2.45, 2.75) is 31.6 Å². The van der Waals surface area contributed by atoms with E-state index in [9.17, 15) is 0 Å². The van der Waals surface area contributed by atoms with Crippen LogP contribution in [0.3, 0.4) is 0 Å². The smallest absolute Gasteiger partial charge is 0.0944 e. The Labute approximate surface area is 177 Å². The minimum absolute atomic E-state index is 0.505. The lowest BCUT2D eigenvalue weighted by molar-refractivity contribution is 0.434. The molecule has 1 N–H and O–H groups in total. The number of aryl methyl sites for hydroxylation is 1. The fourth-order valence-corrected chi connectivity index (χ4v) is 5.47. The Bertz CT molecular complexity index is 998. The first-order chi connectivity index (χ1) is 14.3. The van der Waals surface area contributed by atoms with Gasteiger partial charge in [-0.1, -0.05) is 42.5 Å². The van der Waals surface area contributed by atoms with Crippen molar-refractivity contribution in [2.24, 2.45) is 0 Å². The van der Waals surface area contributed by atoms with E-state index < -0.39 is 0 Å². The molecule has 1 atom stereocenters.